The third-order valence-electron chi connectivity index (χ3n) is 1.34. The Morgan fingerprint density at radius 1 is 1.73 bits per heavy atom. The smallest absolute Gasteiger partial charge is 0.218 e. The Morgan fingerprint density at radius 2 is 2.36 bits per heavy atom. The molecule has 0 radical (unpaired) electrons. The molecule has 1 aromatic rings. The van der Waals surface area contributed by atoms with Crippen LogP contribution in [0, 0.1) is 0 Å². The van der Waals surface area contributed by atoms with E-state index in [1.165, 1.54) is 4.68 Å². The van der Waals surface area contributed by atoms with Crippen molar-refractivity contribution in [2.24, 2.45) is 12.8 Å². The maximum absolute atomic E-state index is 8.63. The van der Waals surface area contributed by atoms with Crippen LogP contribution in [-0.4, -0.2) is 26.5 Å². The normalized spacial score (nSPS) is 13.4. The topological polar surface area (TPSA) is 103 Å². The highest BCUT2D eigenvalue weighted by Crippen LogP contribution is 2.04. The van der Waals surface area contributed by atoms with Crippen molar-refractivity contribution in [3.05, 3.63) is 5.82 Å². The van der Waals surface area contributed by atoms with Gasteiger partial charge >= 0.3 is 0 Å². The summed E-state index contributed by atoms with van der Waals surface area (Å²) in [7, 11) is 1.66. The van der Waals surface area contributed by atoms with Crippen LogP contribution in [0.5, 0.6) is 0 Å². The highest BCUT2D eigenvalue weighted by Gasteiger charge is 2.10. The predicted molar refractivity (Wildman–Crippen MR) is 39.4 cm³/mol. The number of nitrogens with zero attached hydrogens (tertiary/aromatic N) is 3. The van der Waals surface area contributed by atoms with Crippen LogP contribution in [0.1, 0.15) is 11.9 Å². The molecule has 0 saturated heterocycles. The molecular weight excluding hydrogens is 146 g/mol. The molecule has 0 aliphatic rings. The van der Waals surface area contributed by atoms with E-state index in [1.807, 2.05) is 0 Å². The Labute approximate surface area is 63.8 Å². The number of aliphatic hydroxyl groups excluding tert-OH is 1. The minimum Gasteiger partial charge on any atom is -0.394 e. The van der Waals surface area contributed by atoms with Crippen molar-refractivity contribution >= 4 is 5.95 Å². The molecule has 1 rings (SSSR count). The van der Waals surface area contributed by atoms with E-state index in [1.54, 1.807) is 7.05 Å². The van der Waals surface area contributed by atoms with Gasteiger partial charge in [-0.05, 0) is 0 Å². The molecule has 6 heteroatoms. The number of nitrogen functional groups attached to an aromatic ring is 1. The number of rotatable bonds is 2. The van der Waals surface area contributed by atoms with Crippen LogP contribution >= 0.6 is 0 Å². The van der Waals surface area contributed by atoms with Crippen molar-refractivity contribution in [2.75, 3.05) is 12.3 Å². The van der Waals surface area contributed by atoms with Gasteiger partial charge in [-0.25, -0.2) is 4.68 Å². The Hall–Kier alpha value is -1.14. The fourth-order valence-electron chi connectivity index (χ4n) is 0.656. The number of aromatic nitrogens is 3. The van der Waals surface area contributed by atoms with E-state index >= 15 is 0 Å². The standard InChI is InChI=1S/C5H11N5O/c1-10-5(7)8-4(9-10)3(6)2-11/h3,11H,2,6H2,1H3,(H2,7,8,9). The van der Waals surface area contributed by atoms with Gasteiger partial charge in [-0.2, -0.15) is 10.1 Å². The maximum Gasteiger partial charge on any atom is 0.218 e. The summed E-state index contributed by atoms with van der Waals surface area (Å²) in [6, 6.07) is -0.543. The first-order valence-electron chi connectivity index (χ1n) is 3.18. The molecule has 5 N–H and O–H groups in total. The van der Waals surface area contributed by atoms with Crippen molar-refractivity contribution < 1.29 is 5.11 Å². The second-order valence-electron chi connectivity index (χ2n) is 2.24. The Bertz CT molecular complexity index is 226. The summed E-state index contributed by atoms with van der Waals surface area (Å²) >= 11 is 0. The zero-order chi connectivity index (χ0) is 8.43. The molecule has 6 nitrogen and oxygen atoms in total. The molecule has 1 heterocycles. The van der Waals surface area contributed by atoms with Crippen LogP contribution < -0.4 is 11.5 Å². The van der Waals surface area contributed by atoms with E-state index < -0.39 is 6.04 Å². The van der Waals surface area contributed by atoms with Crippen molar-refractivity contribution in [3.63, 3.8) is 0 Å². The minimum absolute atomic E-state index is 0.177. The molecule has 0 spiro atoms. The second-order valence-corrected chi connectivity index (χ2v) is 2.24. The maximum atomic E-state index is 8.63. The Balaban J connectivity index is 2.88. The summed E-state index contributed by atoms with van der Waals surface area (Å²) in [5.41, 5.74) is 10.8. The lowest BCUT2D eigenvalue weighted by molar-refractivity contribution is 0.263. The Morgan fingerprint density at radius 3 is 2.73 bits per heavy atom. The molecule has 0 aliphatic carbocycles. The van der Waals surface area contributed by atoms with Crippen LogP contribution in [0.2, 0.25) is 0 Å². The summed E-state index contributed by atoms with van der Waals surface area (Å²) in [6.45, 7) is -0.177. The first-order chi connectivity index (χ1) is 5.15. The van der Waals surface area contributed by atoms with Crippen LogP contribution in [0.4, 0.5) is 5.95 Å². The van der Waals surface area contributed by atoms with Crippen LogP contribution in [-0.2, 0) is 7.05 Å². The molecule has 62 valence electrons. The van der Waals surface area contributed by atoms with Gasteiger partial charge in [-0.3, -0.25) is 0 Å². The molecule has 1 atom stereocenters. The van der Waals surface area contributed by atoms with Gasteiger partial charge in [-0.15, -0.1) is 0 Å². The Kier molecular flexibility index (Phi) is 2.06. The largest absolute Gasteiger partial charge is 0.394 e. The zero-order valence-electron chi connectivity index (χ0n) is 6.23. The van der Waals surface area contributed by atoms with Crippen molar-refractivity contribution in [1.82, 2.24) is 14.8 Å². The minimum atomic E-state index is -0.543. The van der Waals surface area contributed by atoms with Gasteiger partial charge in [-0.1, -0.05) is 0 Å². The van der Waals surface area contributed by atoms with Gasteiger partial charge in [0.05, 0.1) is 12.6 Å². The van der Waals surface area contributed by atoms with Crippen molar-refractivity contribution in [3.8, 4) is 0 Å². The molecular formula is C5H11N5O. The number of aliphatic hydroxyl groups is 1. The van der Waals surface area contributed by atoms with Crippen molar-refractivity contribution in [1.29, 1.82) is 0 Å². The fourth-order valence-corrected chi connectivity index (χ4v) is 0.656. The fraction of sp³-hybridized carbons (Fsp3) is 0.600. The molecule has 0 aliphatic heterocycles. The molecule has 11 heavy (non-hydrogen) atoms. The molecule has 1 unspecified atom stereocenters. The first-order valence-corrected chi connectivity index (χ1v) is 3.18. The SMILES string of the molecule is Cn1nc(C(N)CO)nc1N. The summed E-state index contributed by atoms with van der Waals surface area (Å²) in [4.78, 5) is 3.83. The van der Waals surface area contributed by atoms with E-state index in [4.69, 9.17) is 16.6 Å². The monoisotopic (exact) mass is 157 g/mol. The van der Waals surface area contributed by atoms with Crippen molar-refractivity contribution in [2.45, 2.75) is 6.04 Å². The van der Waals surface area contributed by atoms with Crippen LogP contribution in [0.15, 0.2) is 0 Å². The highest BCUT2D eigenvalue weighted by molar-refractivity contribution is 5.16. The van der Waals surface area contributed by atoms with Crippen LogP contribution in [0.25, 0.3) is 0 Å². The highest BCUT2D eigenvalue weighted by atomic mass is 16.3. The predicted octanol–water partition coefficient (Wildman–Crippen LogP) is -1.61. The number of aryl methyl sites for hydroxylation is 1. The average Bonchev–Trinajstić information content (AvgIpc) is 2.31. The van der Waals surface area contributed by atoms with Gasteiger partial charge in [0.1, 0.15) is 0 Å². The van der Waals surface area contributed by atoms with Gasteiger partial charge in [0.2, 0.25) is 5.95 Å². The quantitative estimate of drug-likeness (QED) is 0.479. The number of nitrogens with two attached hydrogens (primary N) is 2. The summed E-state index contributed by atoms with van der Waals surface area (Å²) in [5.74, 6) is 0.663. The van der Waals surface area contributed by atoms with E-state index in [0.29, 0.717) is 11.8 Å². The van der Waals surface area contributed by atoms with Gasteiger partial charge < -0.3 is 16.6 Å². The zero-order valence-corrected chi connectivity index (χ0v) is 6.23. The average molecular weight is 157 g/mol. The van der Waals surface area contributed by atoms with Gasteiger partial charge in [0.25, 0.3) is 0 Å². The second kappa shape index (κ2) is 2.85. The molecule has 0 aromatic carbocycles. The molecule has 0 bridgehead atoms. The first kappa shape index (κ1) is 7.96. The van der Waals surface area contributed by atoms with Gasteiger partial charge in [0.15, 0.2) is 5.82 Å². The summed E-state index contributed by atoms with van der Waals surface area (Å²) in [5, 5.41) is 12.5. The van der Waals surface area contributed by atoms with E-state index in [9.17, 15) is 0 Å². The summed E-state index contributed by atoms with van der Waals surface area (Å²) < 4.78 is 1.41. The van der Waals surface area contributed by atoms with E-state index in [2.05, 4.69) is 10.1 Å². The number of hydrogen-bond donors (Lipinski definition) is 3. The molecule has 0 amide bonds. The van der Waals surface area contributed by atoms with E-state index in [-0.39, 0.29) is 6.61 Å². The summed E-state index contributed by atoms with van der Waals surface area (Å²) in [6.07, 6.45) is 0. The molecule has 0 saturated carbocycles. The third kappa shape index (κ3) is 1.47. The lowest BCUT2D eigenvalue weighted by atomic mass is 10.3. The lowest BCUT2D eigenvalue weighted by Gasteiger charge is -1.99. The van der Waals surface area contributed by atoms with Crippen LogP contribution in [0.3, 0.4) is 0 Å². The lowest BCUT2D eigenvalue weighted by Crippen LogP contribution is -2.16. The molecule has 0 fully saturated rings. The van der Waals surface area contributed by atoms with Gasteiger partial charge in [0, 0.05) is 7.05 Å². The number of anilines is 1. The number of hydrogen-bond acceptors (Lipinski definition) is 5. The molecule has 1 aromatic heterocycles. The van der Waals surface area contributed by atoms with E-state index in [0.717, 1.165) is 0 Å². The third-order valence-corrected chi connectivity index (χ3v) is 1.34.